The lowest BCUT2D eigenvalue weighted by Gasteiger charge is -2.38. The molecule has 2 atom stereocenters. The van der Waals surface area contributed by atoms with E-state index in [0.29, 0.717) is 0 Å². The number of aromatic nitrogens is 1. The first kappa shape index (κ1) is 8.27. The highest BCUT2D eigenvalue weighted by atomic mass is 15.0. The highest BCUT2D eigenvalue weighted by molar-refractivity contribution is 5.41. The summed E-state index contributed by atoms with van der Waals surface area (Å²) in [6, 6.07) is 4.83. The molecule has 74 valence electrons. The molecule has 14 heavy (non-hydrogen) atoms. The van der Waals surface area contributed by atoms with Crippen LogP contribution in [0.4, 0.5) is 5.69 Å². The number of hydrogen-bond acceptors (Lipinski definition) is 2. The van der Waals surface area contributed by atoms with Gasteiger partial charge in [-0.15, -0.1) is 0 Å². The molecular formula is C12H16N2. The van der Waals surface area contributed by atoms with Crippen LogP contribution in [-0.4, -0.2) is 11.0 Å². The average Bonchev–Trinajstić information content (AvgIpc) is 2.99. The van der Waals surface area contributed by atoms with Crippen LogP contribution in [-0.2, 0) is 0 Å². The third-order valence-corrected chi connectivity index (χ3v) is 3.57. The van der Waals surface area contributed by atoms with Crippen LogP contribution >= 0.6 is 0 Å². The van der Waals surface area contributed by atoms with Crippen LogP contribution in [0.1, 0.15) is 25.7 Å². The Hall–Kier alpha value is -1.05. The number of rotatable bonds is 3. The van der Waals surface area contributed by atoms with Crippen molar-refractivity contribution in [3.63, 3.8) is 0 Å². The van der Waals surface area contributed by atoms with Crippen LogP contribution in [0.15, 0.2) is 24.5 Å². The summed E-state index contributed by atoms with van der Waals surface area (Å²) >= 11 is 0. The lowest BCUT2D eigenvalue weighted by Crippen LogP contribution is -2.39. The van der Waals surface area contributed by atoms with Crippen LogP contribution in [0, 0.1) is 11.8 Å². The average molecular weight is 188 g/mol. The maximum atomic E-state index is 4.12. The number of anilines is 1. The first-order valence-electron chi connectivity index (χ1n) is 5.60. The van der Waals surface area contributed by atoms with Gasteiger partial charge in [-0.3, -0.25) is 4.98 Å². The van der Waals surface area contributed by atoms with Crippen molar-refractivity contribution in [3.05, 3.63) is 24.5 Å². The fourth-order valence-corrected chi connectivity index (χ4v) is 2.46. The van der Waals surface area contributed by atoms with E-state index in [1.165, 1.54) is 31.4 Å². The van der Waals surface area contributed by atoms with Crippen molar-refractivity contribution in [2.24, 2.45) is 11.8 Å². The fraction of sp³-hybridized carbons (Fsp3) is 0.583. The molecule has 0 radical (unpaired) electrons. The van der Waals surface area contributed by atoms with Crippen molar-refractivity contribution in [1.82, 2.24) is 4.98 Å². The zero-order valence-corrected chi connectivity index (χ0v) is 8.32. The number of hydrogen-bond donors (Lipinski definition) is 1. The van der Waals surface area contributed by atoms with E-state index < -0.39 is 0 Å². The molecule has 2 aliphatic rings. The Bertz CT molecular complexity index is 305. The lowest BCUT2D eigenvalue weighted by atomic mass is 9.76. The molecule has 3 rings (SSSR count). The van der Waals surface area contributed by atoms with Crippen molar-refractivity contribution in [2.75, 3.05) is 5.32 Å². The summed E-state index contributed by atoms with van der Waals surface area (Å²) in [5, 5.41) is 3.59. The molecule has 0 aromatic carbocycles. The minimum atomic E-state index is 0.728. The standard InChI is InChI=1S/C12H16N2/c1-2-10(8-13-7-1)14-12-6-5-11(12)9-3-4-9/h1-2,7-9,11-12,14H,3-6H2. The minimum Gasteiger partial charge on any atom is -0.381 e. The van der Waals surface area contributed by atoms with Gasteiger partial charge in [-0.05, 0) is 49.7 Å². The van der Waals surface area contributed by atoms with Gasteiger partial charge in [0.25, 0.3) is 0 Å². The summed E-state index contributed by atoms with van der Waals surface area (Å²) in [5.41, 5.74) is 1.18. The van der Waals surface area contributed by atoms with Gasteiger partial charge in [-0.25, -0.2) is 0 Å². The van der Waals surface area contributed by atoms with Crippen molar-refractivity contribution in [3.8, 4) is 0 Å². The van der Waals surface area contributed by atoms with E-state index in [0.717, 1.165) is 17.9 Å². The quantitative estimate of drug-likeness (QED) is 0.788. The minimum absolute atomic E-state index is 0.728. The SMILES string of the molecule is c1cncc(NC2CCC2C2CC2)c1. The summed E-state index contributed by atoms with van der Waals surface area (Å²) in [4.78, 5) is 4.12. The molecule has 2 heteroatoms. The van der Waals surface area contributed by atoms with E-state index in [4.69, 9.17) is 0 Å². The molecule has 0 saturated heterocycles. The van der Waals surface area contributed by atoms with E-state index in [9.17, 15) is 0 Å². The van der Waals surface area contributed by atoms with Gasteiger partial charge in [0.15, 0.2) is 0 Å². The Kier molecular flexibility index (Phi) is 1.93. The van der Waals surface area contributed by atoms with E-state index >= 15 is 0 Å². The number of nitrogens with one attached hydrogen (secondary N) is 1. The van der Waals surface area contributed by atoms with Crippen LogP contribution in [0.5, 0.6) is 0 Å². The second kappa shape index (κ2) is 3.26. The first-order valence-corrected chi connectivity index (χ1v) is 5.60. The normalized spacial score (nSPS) is 30.9. The van der Waals surface area contributed by atoms with Crippen LogP contribution in [0.25, 0.3) is 0 Å². The molecule has 1 heterocycles. The Balaban J connectivity index is 1.62. The second-order valence-corrected chi connectivity index (χ2v) is 4.57. The van der Waals surface area contributed by atoms with Crippen molar-refractivity contribution >= 4 is 5.69 Å². The van der Waals surface area contributed by atoms with Crippen molar-refractivity contribution in [2.45, 2.75) is 31.7 Å². The van der Waals surface area contributed by atoms with Crippen LogP contribution < -0.4 is 5.32 Å². The lowest BCUT2D eigenvalue weighted by molar-refractivity contribution is 0.243. The van der Waals surface area contributed by atoms with Gasteiger partial charge in [-0.2, -0.15) is 0 Å². The second-order valence-electron chi connectivity index (χ2n) is 4.57. The Morgan fingerprint density at radius 1 is 1.21 bits per heavy atom. The summed E-state index contributed by atoms with van der Waals surface area (Å²) in [6.07, 6.45) is 9.46. The highest BCUT2D eigenvalue weighted by Gasteiger charge is 2.41. The van der Waals surface area contributed by atoms with Gasteiger partial charge in [0.05, 0.1) is 5.69 Å². The molecule has 1 aromatic rings. The van der Waals surface area contributed by atoms with Gasteiger partial charge in [0.1, 0.15) is 0 Å². The maximum Gasteiger partial charge on any atom is 0.0528 e. The molecule has 2 nitrogen and oxygen atoms in total. The molecular weight excluding hydrogens is 172 g/mol. The highest BCUT2D eigenvalue weighted by Crippen LogP contribution is 2.47. The summed E-state index contributed by atoms with van der Waals surface area (Å²) in [7, 11) is 0. The Morgan fingerprint density at radius 3 is 2.71 bits per heavy atom. The molecule has 2 saturated carbocycles. The van der Waals surface area contributed by atoms with Gasteiger partial charge < -0.3 is 5.32 Å². The molecule has 2 unspecified atom stereocenters. The third-order valence-electron chi connectivity index (χ3n) is 3.57. The largest absolute Gasteiger partial charge is 0.381 e. The van der Waals surface area contributed by atoms with E-state index in [2.05, 4.69) is 16.4 Å². The van der Waals surface area contributed by atoms with Crippen LogP contribution in [0.2, 0.25) is 0 Å². The smallest absolute Gasteiger partial charge is 0.0528 e. The summed E-state index contributed by atoms with van der Waals surface area (Å²) < 4.78 is 0. The third kappa shape index (κ3) is 1.49. The van der Waals surface area contributed by atoms with Crippen molar-refractivity contribution in [1.29, 1.82) is 0 Å². The Morgan fingerprint density at radius 2 is 2.14 bits per heavy atom. The van der Waals surface area contributed by atoms with E-state index in [1.54, 1.807) is 0 Å². The van der Waals surface area contributed by atoms with E-state index in [1.807, 2.05) is 18.5 Å². The van der Waals surface area contributed by atoms with Gasteiger partial charge in [0, 0.05) is 18.4 Å². The van der Waals surface area contributed by atoms with Crippen molar-refractivity contribution < 1.29 is 0 Å². The molecule has 0 bridgehead atoms. The summed E-state index contributed by atoms with van der Waals surface area (Å²) in [5.74, 6) is 1.99. The predicted octanol–water partition coefficient (Wildman–Crippen LogP) is 2.68. The fourth-order valence-electron chi connectivity index (χ4n) is 2.46. The summed E-state index contributed by atoms with van der Waals surface area (Å²) in [6.45, 7) is 0. The Labute approximate surface area is 84.7 Å². The monoisotopic (exact) mass is 188 g/mol. The number of pyridine rings is 1. The molecule has 2 fully saturated rings. The van der Waals surface area contributed by atoms with Crippen LogP contribution in [0.3, 0.4) is 0 Å². The predicted molar refractivity (Wildman–Crippen MR) is 57.1 cm³/mol. The maximum absolute atomic E-state index is 4.12. The molecule has 1 aromatic heterocycles. The van der Waals surface area contributed by atoms with Gasteiger partial charge in [0.2, 0.25) is 0 Å². The zero-order valence-electron chi connectivity index (χ0n) is 8.32. The zero-order chi connectivity index (χ0) is 9.38. The topological polar surface area (TPSA) is 24.9 Å². The molecule has 0 aliphatic heterocycles. The first-order chi connectivity index (χ1) is 6.93. The number of nitrogens with zero attached hydrogens (tertiary/aromatic N) is 1. The van der Waals surface area contributed by atoms with Gasteiger partial charge in [-0.1, -0.05) is 0 Å². The molecule has 0 spiro atoms. The molecule has 1 N–H and O–H groups in total. The molecule has 2 aliphatic carbocycles. The molecule has 0 amide bonds. The van der Waals surface area contributed by atoms with E-state index in [-0.39, 0.29) is 0 Å². The van der Waals surface area contributed by atoms with Gasteiger partial charge >= 0.3 is 0 Å².